The number of anilines is 1. The minimum absolute atomic E-state index is 0.405. The maximum absolute atomic E-state index is 9.05. The number of aromatic nitrogens is 2. The van der Waals surface area contributed by atoms with Gasteiger partial charge in [0.1, 0.15) is 11.6 Å². The maximum Gasteiger partial charge on any atom is 0.235 e. The van der Waals surface area contributed by atoms with Gasteiger partial charge in [-0.05, 0) is 19.1 Å². The number of nitrogens with zero attached hydrogens (tertiary/aromatic N) is 3. The predicted octanol–water partition coefficient (Wildman–Crippen LogP) is 1.97. The molecule has 2 aromatic rings. The Bertz CT molecular complexity index is 595. The summed E-state index contributed by atoms with van der Waals surface area (Å²) in [5.41, 5.74) is 7.37. The molecular formula is C12H12N4O. The molecule has 2 N–H and O–H groups in total. The number of nitriles is 1. The van der Waals surface area contributed by atoms with E-state index in [0.717, 1.165) is 0 Å². The molecule has 1 aromatic heterocycles. The Morgan fingerprint density at radius 1 is 1.41 bits per heavy atom. The fourth-order valence-electron chi connectivity index (χ4n) is 1.56. The lowest BCUT2D eigenvalue weighted by Crippen LogP contribution is -1.98. The van der Waals surface area contributed by atoms with Gasteiger partial charge in [0.15, 0.2) is 5.75 Å². The van der Waals surface area contributed by atoms with Crippen molar-refractivity contribution in [3.63, 3.8) is 0 Å². The summed E-state index contributed by atoms with van der Waals surface area (Å²) in [4.78, 5) is 0. The monoisotopic (exact) mass is 228 g/mol. The number of aryl methyl sites for hydroxylation is 2. The van der Waals surface area contributed by atoms with Crippen LogP contribution in [0.1, 0.15) is 11.3 Å². The van der Waals surface area contributed by atoms with Gasteiger partial charge in [-0.1, -0.05) is 12.1 Å². The third-order valence-electron chi connectivity index (χ3n) is 2.41. The molecule has 0 radical (unpaired) electrons. The van der Waals surface area contributed by atoms with Crippen LogP contribution in [0.5, 0.6) is 11.6 Å². The second-order valence-corrected chi connectivity index (χ2v) is 3.64. The van der Waals surface area contributed by atoms with E-state index >= 15 is 0 Å². The summed E-state index contributed by atoms with van der Waals surface area (Å²) in [6, 6.07) is 9.21. The molecule has 1 aromatic carbocycles. The second-order valence-electron chi connectivity index (χ2n) is 3.64. The van der Waals surface area contributed by atoms with Gasteiger partial charge in [-0.3, -0.25) is 0 Å². The molecule has 0 atom stereocenters. The largest absolute Gasteiger partial charge is 0.436 e. The smallest absolute Gasteiger partial charge is 0.235 e. The molecule has 0 aliphatic rings. The number of hydrogen-bond donors (Lipinski definition) is 1. The number of ether oxygens (including phenoxy) is 1. The molecule has 0 bridgehead atoms. The third-order valence-corrected chi connectivity index (χ3v) is 2.41. The van der Waals surface area contributed by atoms with Crippen molar-refractivity contribution in [2.45, 2.75) is 6.92 Å². The van der Waals surface area contributed by atoms with Crippen LogP contribution in [0.4, 0.5) is 5.69 Å². The van der Waals surface area contributed by atoms with Crippen molar-refractivity contribution >= 4 is 5.69 Å². The van der Waals surface area contributed by atoms with Crippen LogP contribution < -0.4 is 10.5 Å². The van der Waals surface area contributed by atoms with Crippen molar-refractivity contribution in [2.24, 2.45) is 7.05 Å². The van der Waals surface area contributed by atoms with Gasteiger partial charge in [0.05, 0.1) is 11.4 Å². The van der Waals surface area contributed by atoms with Gasteiger partial charge in [-0.2, -0.15) is 10.4 Å². The first-order valence-electron chi connectivity index (χ1n) is 5.09. The van der Waals surface area contributed by atoms with Crippen LogP contribution in [-0.2, 0) is 7.05 Å². The zero-order chi connectivity index (χ0) is 12.4. The fourth-order valence-corrected chi connectivity index (χ4v) is 1.56. The number of para-hydroxylation sites is 2. The van der Waals surface area contributed by atoms with E-state index in [4.69, 9.17) is 15.7 Å². The highest BCUT2D eigenvalue weighted by Gasteiger charge is 2.15. The first-order chi connectivity index (χ1) is 8.13. The van der Waals surface area contributed by atoms with Gasteiger partial charge in [-0.25, -0.2) is 4.68 Å². The predicted molar refractivity (Wildman–Crippen MR) is 63.6 cm³/mol. The summed E-state index contributed by atoms with van der Waals surface area (Å²) in [5, 5.41) is 13.2. The zero-order valence-corrected chi connectivity index (χ0v) is 9.64. The molecule has 0 spiro atoms. The van der Waals surface area contributed by atoms with Crippen molar-refractivity contribution in [2.75, 3.05) is 5.73 Å². The summed E-state index contributed by atoms with van der Waals surface area (Å²) in [6.07, 6.45) is 0. The van der Waals surface area contributed by atoms with Gasteiger partial charge < -0.3 is 10.5 Å². The Morgan fingerprint density at radius 3 is 2.76 bits per heavy atom. The van der Waals surface area contributed by atoms with Crippen LogP contribution in [0.25, 0.3) is 0 Å². The van der Waals surface area contributed by atoms with Crippen molar-refractivity contribution in [3.8, 4) is 17.7 Å². The third kappa shape index (κ3) is 1.93. The number of rotatable bonds is 2. The molecule has 2 rings (SSSR count). The molecule has 5 nitrogen and oxygen atoms in total. The highest BCUT2D eigenvalue weighted by atomic mass is 16.5. The molecule has 17 heavy (non-hydrogen) atoms. The molecule has 86 valence electrons. The molecule has 0 aliphatic carbocycles. The molecule has 0 saturated carbocycles. The van der Waals surface area contributed by atoms with Crippen molar-refractivity contribution in [3.05, 3.63) is 35.5 Å². The van der Waals surface area contributed by atoms with Gasteiger partial charge >= 0.3 is 0 Å². The lowest BCUT2D eigenvalue weighted by atomic mass is 10.3. The quantitative estimate of drug-likeness (QED) is 0.797. The van der Waals surface area contributed by atoms with Gasteiger partial charge in [0.2, 0.25) is 5.88 Å². The van der Waals surface area contributed by atoms with E-state index in [2.05, 4.69) is 11.2 Å². The molecule has 0 fully saturated rings. The summed E-state index contributed by atoms with van der Waals surface area (Å²) in [5.74, 6) is 0.926. The Kier molecular flexibility index (Phi) is 2.71. The summed E-state index contributed by atoms with van der Waals surface area (Å²) in [7, 11) is 1.72. The number of hydrogen-bond acceptors (Lipinski definition) is 4. The fraction of sp³-hybridized carbons (Fsp3) is 0.167. The highest BCUT2D eigenvalue weighted by molar-refractivity contribution is 5.54. The normalized spacial score (nSPS) is 9.94. The van der Waals surface area contributed by atoms with Crippen molar-refractivity contribution in [1.82, 2.24) is 9.78 Å². The van der Waals surface area contributed by atoms with Crippen LogP contribution >= 0.6 is 0 Å². The van der Waals surface area contributed by atoms with Gasteiger partial charge in [-0.15, -0.1) is 0 Å². The summed E-state index contributed by atoms with van der Waals surface area (Å²) < 4.78 is 7.16. The van der Waals surface area contributed by atoms with Gasteiger partial charge in [0, 0.05) is 7.05 Å². The van der Waals surface area contributed by atoms with E-state index < -0.39 is 0 Å². The summed E-state index contributed by atoms with van der Waals surface area (Å²) >= 11 is 0. The number of benzene rings is 1. The Balaban J connectivity index is 2.44. The standard InChI is InChI=1S/C12H12N4O/c1-8-9(7-13)12(16(2)15-8)17-11-6-4-3-5-10(11)14/h3-6H,14H2,1-2H3. The van der Waals surface area contributed by atoms with Crippen LogP contribution in [0.15, 0.2) is 24.3 Å². The van der Waals surface area contributed by atoms with Crippen LogP contribution in [-0.4, -0.2) is 9.78 Å². The topological polar surface area (TPSA) is 76.9 Å². The molecular weight excluding hydrogens is 216 g/mol. The SMILES string of the molecule is Cc1nn(C)c(Oc2ccccc2N)c1C#N. The van der Waals surface area contributed by atoms with E-state index in [9.17, 15) is 0 Å². The van der Waals surface area contributed by atoms with E-state index in [1.807, 2.05) is 12.1 Å². The number of nitrogen functional groups attached to an aromatic ring is 1. The zero-order valence-electron chi connectivity index (χ0n) is 9.64. The van der Waals surface area contributed by atoms with E-state index in [0.29, 0.717) is 28.6 Å². The van der Waals surface area contributed by atoms with Gasteiger partial charge in [0.25, 0.3) is 0 Å². The van der Waals surface area contributed by atoms with Crippen LogP contribution in [0, 0.1) is 18.3 Å². The first-order valence-corrected chi connectivity index (χ1v) is 5.09. The summed E-state index contributed by atoms with van der Waals surface area (Å²) in [6.45, 7) is 1.76. The second kappa shape index (κ2) is 4.18. The average molecular weight is 228 g/mol. The maximum atomic E-state index is 9.05. The molecule has 5 heteroatoms. The minimum atomic E-state index is 0.405. The lowest BCUT2D eigenvalue weighted by Gasteiger charge is -2.08. The Labute approximate surface area is 99.0 Å². The van der Waals surface area contributed by atoms with Crippen LogP contribution in [0.2, 0.25) is 0 Å². The van der Waals surface area contributed by atoms with Crippen molar-refractivity contribution in [1.29, 1.82) is 5.26 Å². The Morgan fingerprint density at radius 2 is 2.12 bits per heavy atom. The average Bonchev–Trinajstić information content (AvgIpc) is 2.56. The Hall–Kier alpha value is -2.48. The van der Waals surface area contributed by atoms with E-state index in [1.165, 1.54) is 4.68 Å². The van der Waals surface area contributed by atoms with E-state index in [-0.39, 0.29) is 0 Å². The molecule has 0 amide bonds. The molecule has 0 aliphatic heterocycles. The highest BCUT2D eigenvalue weighted by Crippen LogP contribution is 2.29. The molecule has 0 saturated heterocycles. The first kappa shape index (κ1) is 11.0. The van der Waals surface area contributed by atoms with Crippen LogP contribution in [0.3, 0.4) is 0 Å². The van der Waals surface area contributed by atoms with E-state index in [1.54, 1.807) is 26.1 Å². The molecule has 0 unspecified atom stereocenters. The lowest BCUT2D eigenvalue weighted by molar-refractivity contribution is 0.431. The molecule has 1 heterocycles. The minimum Gasteiger partial charge on any atom is -0.436 e. The number of nitrogens with two attached hydrogens (primary N) is 1. The van der Waals surface area contributed by atoms with Crippen molar-refractivity contribution < 1.29 is 4.74 Å².